The Hall–Kier alpha value is -0.0400. The van der Waals surface area contributed by atoms with Crippen LogP contribution in [0.5, 0.6) is 0 Å². The zero-order valence-corrected chi connectivity index (χ0v) is 12.4. The summed E-state index contributed by atoms with van der Waals surface area (Å²) in [6.45, 7) is 15.7. The molecule has 1 nitrogen and oxygen atoms in total. The van der Waals surface area contributed by atoms with Crippen LogP contribution < -0.4 is 0 Å². The molecule has 0 amide bonds. The highest BCUT2D eigenvalue weighted by molar-refractivity contribution is 4.77. The third kappa shape index (κ3) is 5.89. The van der Waals surface area contributed by atoms with Gasteiger partial charge in [0.05, 0.1) is 6.10 Å². The molecule has 0 aliphatic heterocycles. The highest BCUT2D eigenvalue weighted by Gasteiger charge is 2.26. The second-order valence-electron chi connectivity index (χ2n) is 6.87. The number of rotatable bonds is 6. The molecule has 98 valence electrons. The van der Waals surface area contributed by atoms with E-state index in [4.69, 9.17) is 0 Å². The molecule has 0 heterocycles. The highest BCUT2D eigenvalue weighted by atomic mass is 16.3. The van der Waals surface area contributed by atoms with Crippen LogP contribution in [0.2, 0.25) is 0 Å². The second kappa shape index (κ2) is 6.64. The van der Waals surface area contributed by atoms with E-state index in [-0.39, 0.29) is 6.10 Å². The van der Waals surface area contributed by atoms with Crippen LogP contribution in [0.15, 0.2) is 0 Å². The van der Waals surface area contributed by atoms with E-state index >= 15 is 0 Å². The van der Waals surface area contributed by atoms with E-state index in [1.165, 1.54) is 0 Å². The largest absolute Gasteiger partial charge is 0.393 e. The Labute approximate surface area is 103 Å². The van der Waals surface area contributed by atoms with Crippen LogP contribution in [0.4, 0.5) is 0 Å². The summed E-state index contributed by atoms with van der Waals surface area (Å²) in [6.07, 6.45) is 3.06. The number of hydrogen-bond acceptors (Lipinski definition) is 1. The predicted molar refractivity (Wildman–Crippen MR) is 72.5 cm³/mol. The van der Waals surface area contributed by atoms with Crippen molar-refractivity contribution in [2.75, 3.05) is 0 Å². The van der Waals surface area contributed by atoms with E-state index in [9.17, 15) is 5.11 Å². The van der Waals surface area contributed by atoms with Crippen LogP contribution in [0.1, 0.15) is 67.7 Å². The lowest BCUT2D eigenvalue weighted by molar-refractivity contribution is 0.0512. The zero-order chi connectivity index (χ0) is 12.9. The van der Waals surface area contributed by atoms with Gasteiger partial charge in [0.1, 0.15) is 0 Å². The van der Waals surface area contributed by atoms with Gasteiger partial charge in [-0.05, 0) is 36.0 Å². The molecule has 0 bridgehead atoms. The van der Waals surface area contributed by atoms with E-state index in [0.29, 0.717) is 23.2 Å². The lowest BCUT2D eigenvalue weighted by Crippen LogP contribution is -2.28. The summed E-state index contributed by atoms with van der Waals surface area (Å²) >= 11 is 0. The van der Waals surface area contributed by atoms with Gasteiger partial charge in [-0.2, -0.15) is 0 Å². The van der Waals surface area contributed by atoms with Gasteiger partial charge >= 0.3 is 0 Å². The summed E-state index contributed by atoms with van der Waals surface area (Å²) in [4.78, 5) is 0. The quantitative estimate of drug-likeness (QED) is 0.710. The fourth-order valence-corrected chi connectivity index (χ4v) is 2.11. The van der Waals surface area contributed by atoms with Crippen molar-refractivity contribution in [2.24, 2.45) is 23.2 Å². The summed E-state index contributed by atoms with van der Waals surface area (Å²) in [6, 6.07) is 0. The predicted octanol–water partition coefficient (Wildman–Crippen LogP) is 4.49. The van der Waals surface area contributed by atoms with Crippen LogP contribution in [0.25, 0.3) is 0 Å². The van der Waals surface area contributed by atoms with Crippen LogP contribution in [-0.4, -0.2) is 11.2 Å². The van der Waals surface area contributed by atoms with Gasteiger partial charge in [-0.1, -0.05) is 54.9 Å². The SMILES string of the molecule is CCC(CC(C)C)C(O)CC(C)C(C)(C)C. The molecule has 0 aromatic heterocycles. The van der Waals surface area contributed by atoms with Crippen molar-refractivity contribution in [3.8, 4) is 0 Å². The number of hydrogen-bond donors (Lipinski definition) is 1. The second-order valence-corrected chi connectivity index (χ2v) is 6.87. The monoisotopic (exact) mass is 228 g/mol. The highest BCUT2D eigenvalue weighted by Crippen LogP contribution is 2.32. The molecule has 0 aromatic rings. The standard InChI is InChI=1S/C15H32O/c1-8-13(9-11(2)3)14(16)10-12(4)15(5,6)7/h11-14,16H,8-10H2,1-7H3. The summed E-state index contributed by atoms with van der Waals surface area (Å²) in [5, 5.41) is 10.3. The first kappa shape index (κ1) is 16.0. The maximum absolute atomic E-state index is 10.3. The Bertz CT molecular complexity index is 178. The molecule has 3 atom stereocenters. The lowest BCUT2D eigenvalue weighted by Gasteiger charge is -2.32. The molecule has 0 aliphatic carbocycles. The molecular formula is C15H32O. The third-order valence-corrected chi connectivity index (χ3v) is 3.92. The molecule has 0 saturated carbocycles. The minimum Gasteiger partial charge on any atom is -0.393 e. The molecule has 0 rings (SSSR count). The zero-order valence-electron chi connectivity index (χ0n) is 12.4. The molecular weight excluding hydrogens is 196 g/mol. The van der Waals surface area contributed by atoms with E-state index in [0.717, 1.165) is 19.3 Å². The molecule has 1 heteroatoms. The van der Waals surface area contributed by atoms with Crippen molar-refractivity contribution in [3.05, 3.63) is 0 Å². The average molecular weight is 228 g/mol. The molecule has 3 unspecified atom stereocenters. The topological polar surface area (TPSA) is 20.2 Å². The van der Waals surface area contributed by atoms with E-state index < -0.39 is 0 Å². The fraction of sp³-hybridized carbons (Fsp3) is 1.00. The van der Waals surface area contributed by atoms with Crippen molar-refractivity contribution in [1.29, 1.82) is 0 Å². The first-order valence-corrected chi connectivity index (χ1v) is 6.86. The fourth-order valence-electron chi connectivity index (χ4n) is 2.11. The van der Waals surface area contributed by atoms with Crippen LogP contribution >= 0.6 is 0 Å². The average Bonchev–Trinajstić information content (AvgIpc) is 2.11. The van der Waals surface area contributed by atoms with E-state index in [1.807, 2.05) is 0 Å². The molecule has 0 aliphatic rings. The minimum absolute atomic E-state index is 0.123. The first-order valence-electron chi connectivity index (χ1n) is 6.86. The van der Waals surface area contributed by atoms with Crippen LogP contribution in [-0.2, 0) is 0 Å². The van der Waals surface area contributed by atoms with Gasteiger partial charge in [-0.15, -0.1) is 0 Å². The van der Waals surface area contributed by atoms with Crippen molar-refractivity contribution < 1.29 is 5.11 Å². The third-order valence-electron chi connectivity index (χ3n) is 3.92. The number of aliphatic hydroxyl groups excluding tert-OH is 1. The molecule has 0 spiro atoms. The van der Waals surface area contributed by atoms with E-state index in [2.05, 4.69) is 48.5 Å². The van der Waals surface area contributed by atoms with Gasteiger partial charge in [0.25, 0.3) is 0 Å². The van der Waals surface area contributed by atoms with Crippen molar-refractivity contribution in [2.45, 2.75) is 73.8 Å². The molecule has 0 aromatic carbocycles. The molecule has 16 heavy (non-hydrogen) atoms. The minimum atomic E-state index is -0.123. The lowest BCUT2D eigenvalue weighted by atomic mass is 9.76. The van der Waals surface area contributed by atoms with Gasteiger partial charge in [0.2, 0.25) is 0 Å². The summed E-state index contributed by atoms with van der Waals surface area (Å²) in [5.74, 6) is 1.73. The maximum atomic E-state index is 10.3. The normalized spacial score (nSPS) is 18.6. The van der Waals surface area contributed by atoms with Crippen molar-refractivity contribution in [1.82, 2.24) is 0 Å². The Balaban J connectivity index is 4.25. The Kier molecular flexibility index (Phi) is 6.62. The summed E-state index contributed by atoms with van der Waals surface area (Å²) in [7, 11) is 0. The Morgan fingerprint density at radius 3 is 1.81 bits per heavy atom. The van der Waals surface area contributed by atoms with Crippen molar-refractivity contribution in [3.63, 3.8) is 0 Å². The molecule has 0 saturated heterocycles. The van der Waals surface area contributed by atoms with Gasteiger partial charge in [0, 0.05) is 0 Å². The molecule has 0 fully saturated rings. The molecule has 0 radical (unpaired) electrons. The smallest absolute Gasteiger partial charge is 0.0571 e. The van der Waals surface area contributed by atoms with E-state index in [1.54, 1.807) is 0 Å². The Morgan fingerprint density at radius 2 is 1.50 bits per heavy atom. The summed E-state index contributed by atoms with van der Waals surface area (Å²) in [5.41, 5.74) is 0.303. The van der Waals surface area contributed by atoms with Gasteiger partial charge in [0.15, 0.2) is 0 Å². The van der Waals surface area contributed by atoms with Gasteiger partial charge < -0.3 is 5.11 Å². The van der Waals surface area contributed by atoms with Crippen LogP contribution in [0.3, 0.4) is 0 Å². The summed E-state index contributed by atoms with van der Waals surface area (Å²) < 4.78 is 0. The molecule has 1 N–H and O–H groups in total. The van der Waals surface area contributed by atoms with Crippen molar-refractivity contribution >= 4 is 0 Å². The first-order chi connectivity index (χ1) is 7.18. The Morgan fingerprint density at radius 1 is 1.00 bits per heavy atom. The van der Waals surface area contributed by atoms with Crippen LogP contribution in [0, 0.1) is 23.2 Å². The van der Waals surface area contributed by atoms with Gasteiger partial charge in [-0.3, -0.25) is 0 Å². The maximum Gasteiger partial charge on any atom is 0.0571 e. The van der Waals surface area contributed by atoms with Gasteiger partial charge in [-0.25, -0.2) is 0 Å². The number of aliphatic hydroxyl groups is 1.